The molecule has 0 N–H and O–H groups in total. The molecule has 0 aliphatic rings. The molecular weight excluding hydrogens is 257 g/mol. The van der Waals surface area contributed by atoms with Gasteiger partial charge in [0.1, 0.15) is 0 Å². The topological polar surface area (TPSA) is 52.6 Å². The van der Waals surface area contributed by atoms with Crippen molar-refractivity contribution in [2.45, 2.75) is 0 Å². The Hall–Kier alpha value is -0.335. The molecule has 0 bridgehead atoms. The van der Waals surface area contributed by atoms with Crippen LogP contribution in [0, 0.1) is 0 Å². The van der Waals surface area contributed by atoms with E-state index in [2.05, 4.69) is 0 Å². The highest BCUT2D eigenvalue weighted by Crippen LogP contribution is 2.43. The summed E-state index contributed by atoms with van der Waals surface area (Å²) in [5.74, 6) is 0. The van der Waals surface area contributed by atoms with Crippen molar-refractivity contribution in [3.05, 3.63) is 30.3 Å². The summed E-state index contributed by atoms with van der Waals surface area (Å²) < 4.78 is 34.1. The van der Waals surface area contributed by atoms with Gasteiger partial charge < -0.3 is 8.88 Å². The first-order valence-corrected chi connectivity index (χ1v) is 10.2. The lowest BCUT2D eigenvalue weighted by molar-refractivity contribution is 0.423. The molecule has 0 saturated heterocycles. The fraction of sp³-hybridized carbons (Fsp3) is 0.400. The Morgan fingerprint density at radius 2 is 1.29 bits per heavy atom. The van der Waals surface area contributed by atoms with Gasteiger partial charge in [-0.2, -0.15) is 0 Å². The van der Waals surface area contributed by atoms with E-state index < -0.39 is 21.9 Å². The molecule has 0 saturated carbocycles. The van der Waals surface area contributed by atoms with E-state index in [0.717, 1.165) is 0 Å². The molecule has 1 aromatic carbocycles. The van der Waals surface area contributed by atoms with Gasteiger partial charge in [-0.25, -0.2) is 0 Å². The van der Waals surface area contributed by atoms with Gasteiger partial charge in [-0.3, -0.25) is 9.13 Å². The van der Waals surface area contributed by atoms with Crippen LogP contribution in [0.1, 0.15) is 0 Å². The highest BCUT2D eigenvalue weighted by molar-refractivity contribution is 7.60. The predicted molar refractivity (Wildman–Crippen MR) is 72.9 cm³/mol. The van der Waals surface area contributed by atoms with Crippen molar-refractivity contribution in [1.29, 1.82) is 0 Å². The van der Waals surface area contributed by atoms with E-state index >= 15 is 0 Å². The normalized spacial score (nSPS) is 12.5. The number of hydrogen-bond acceptors (Lipinski definition) is 4. The molecule has 7 heteroatoms. The molecule has 0 heterocycles. The highest BCUT2D eigenvalue weighted by atomic mass is 31.2. The zero-order valence-corrected chi connectivity index (χ0v) is 12.3. The maximum Gasteiger partial charge on any atom is 0.504 e. The summed E-state index contributed by atoms with van der Waals surface area (Å²) >= 11 is 0. The monoisotopic (exact) mass is 274 g/mol. The molecule has 0 fully saturated rings. The van der Waals surface area contributed by atoms with Gasteiger partial charge in [0.05, 0.1) is 0 Å². The number of hydrogen-bond donors (Lipinski definition) is 0. The van der Waals surface area contributed by atoms with E-state index in [4.69, 9.17) is 8.88 Å². The second-order valence-corrected chi connectivity index (χ2v) is 9.89. The van der Waals surface area contributed by atoms with E-state index in [1.165, 1.54) is 26.7 Å². The van der Waals surface area contributed by atoms with Crippen LogP contribution in [0.25, 0.3) is 0 Å². The third-order valence-corrected chi connectivity index (χ3v) is 3.17. The molecule has 1 rings (SSSR count). The Morgan fingerprint density at radius 1 is 0.882 bits per heavy atom. The van der Waals surface area contributed by atoms with Crippen LogP contribution in [0.4, 0.5) is 0 Å². The smallest absolute Gasteiger partial charge is 0.356 e. The van der Waals surface area contributed by atoms with Crippen molar-refractivity contribution in [2.75, 3.05) is 26.7 Å². The van der Waals surface area contributed by atoms with Crippen LogP contribution < -0.4 is 5.46 Å². The van der Waals surface area contributed by atoms with Gasteiger partial charge >= 0.3 is 7.12 Å². The fourth-order valence-electron chi connectivity index (χ4n) is 1.21. The van der Waals surface area contributed by atoms with Gasteiger partial charge in [-0.05, 0) is 5.46 Å². The molecule has 94 valence electrons. The third-order valence-electron chi connectivity index (χ3n) is 1.77. The maximum atomic E-state index is 11.7. The van der Waals surface area contributed by atoms with E-state index in [0.29, 0.717) is 5.46 Å². The molecule has 17 heavy (non-hydrogen) atoms. The second-order valence-electron chi connectivity index (χ2n) is 4.46. The van der Waals surface area contributed by atoms with E-state index in [9.17, 15) is 9.13 Å². The largest absolute Gasteiger partial charge is 0.504 e. The first-order chi connectivity index (χ1) is 7.67. The molecule has 0 atom stereocenters. The van der Waals surface area contributed by atoms with Crippen molar-refractivity contribution >= 4 is 27.3 Å². The Balaban J connectivity index is 2.95. The van der Waals surface area contributed by atoms with Crippen LogP contribution in [0.3, 0.4) is 0 Å². The van der Waals surface area contributed by atoms with Crippen LogP contribution in [0.15, 0.2) is 30.3 Å². The first-order valence-electron chi connectivity index (χ1n) is 5.19. The lowest BCUT2D eigenvalue weighted by Gasteiger charge is -2.19. The fourth-order valence-corrected chi connectivity index (χ4v) is 2.53. The molecule has 4 nitrogen and oxygen atoms in total. The minimum absolute atomic E-state index is 0.709. The van der Waals surface area contributed by atoms with Crippen molar-refractivity contribution in [3.63, 3.8) is 0 Å². The zero-order valence-electron chi connectivity index (χ0n) is 10.5. The van der Waals surface area contributed by atoms with E-state index in [1.807, 2.05) is 18.2 Å². The summed E-state index contributed by atoms with van der Waals surface area (Å²) in [6, 6.07) is 9.07. The molecule has 0 spiro atoms. The van der Waals surface area contributed by atoms with Gasteiger partial charge in [0.15, 0.2) is 14.7 Å². The van der Waals surface area contributed by atoms with Crippen LogP contribution >= 0.6 is 14.7 Å². The second kappa shape index (κ2) is 5.54. The summed E-state index contributed by atoms with van der Waals surface area (Å²) in [4.78, 5) is 0. The van der Waals surface area contributed by atoms with Crippen molar-refractivity contribution in [3.8, 4) is 0 Å². The molecular formula is C10H17BO4P2. The summed E-state index contributed by atoms with van der Waals surface area (Å²) in [6.07, 6.45) is 0. The van der Waals surface area contributed by atoms with Gasteiger partial charge in [-0.15, -0.1) is 0 Å². The standard InChI is InChI=1S/C10H17BO4P2/c1-16(2,12)14-11(15-17(3,4)13)10-8-6-5-7-9-10/h5-9H,1-4H3. The Kier molecular flexibility index (Phi) is 4.80. The van der Waals surface area contributed by atoms with Gasteiger partial charge in [0.2, 0.25) is 0 Å². The molecule has 0 radical (unpaired) electrons. The average molecular weight is 274 g/mol. The van der Waals surface area contributed by atoms with E-state index in [-0.39, 0.29) is 0 Å². The maximum absolute atomic E-state index is 11.7. The molecule has 0 amide bonds. The van der Waals surface area contributed by atoms with Gasteiger partial charge in [0, 0.05) is 26.7 Å². The zero-order chi connectivity index (χ0) is 13.1. The van der Waals surface area contributed by atoms with Crippen molar-refractivity contribution in [1.82, 2.24) is 0 Å². The Morgan fingerprint density at radius 3 is 1.65 bits per heavy atom. The quantitative estimate of drug-likeness (QED) is 0.611. The number of rotatable bonds is 5. The van der Waals surface area contributed by atoms with Crippen molar-refractivity contribution in [2.24, 2.45) is 0 Å². The lowest BCUT2D eigenvalue weighted by Crippen LogP contribution is -2.34. The molecule has 1 aromatic rings. The SMILES string of the molecule is CP(C)(=O)OB(OP(C)(C)=O)c1ccccc1. The molecule has 0 unspecified atom stereocenters. The number of benzene rings is 1. The lowest BCUT2D eigenvalue weighted by atomic mass is 9.80. The minimum atomic E-state index is -2.72. The Bertz CT molecular complexity index is 427. The van der Waals surface area contributed by atoms with Gasteiger partial charge in [0.25, 0.3) is 0 Å². The van der Waals surface area contributed by atoms with Crippen LogP contribution in [0.5, 0.6) is 0 Å². The molecule has 0 aliphatic heterocycles. The summed E-state index contributed by atoms with van der Waals surface area (Å²) in [6.45, 7) is 6.01. The Labute approximate surface area is 103 Å². The summed E-state index contributed by atoms with van der Waals surface area (Å²) in [5.41, 5.74) is 0.709. The van der Waals surface area contributed by atoms with Crippen molar-refractivity contribution < 1.29 is 18.0 Å². The molecule has 0 aromatic heterocycles. The van der Waals surface area contributed by atoms with Gasteiger partial charge in [-0.1, -0.05) is 30.3 Å². The average Bonchev–Trinajstić information content (AvgIpc) is 2.14. The van der Waals surface area contributed by atoms with Crippen LogP contribution in [-0.2, 0) is 18.0 Å². The first kappa shape index (κ1) is 14.7. The van der Waals surface area contributed by atoms with Crippen LogP contribution in [-0.4, -0.2) is 33.8 Å². The van der Waals surface area contributed by atoms with Crippen LogP contribution in [0.2, 0.25) is 0 Å². The summed E-state index contributed by atoms with van der Waals surface area (Å²) in [7, 11) is -6.29. The minimum Gasteiger partial charge on any atom is -0.356 e. The highest BCUT2D eigenvalue weighted by Gasteiger charge is 2.30. The summed E-state index contributed by atoms with van der Waals surface area (Å²) in [5, 5.41) is 0. The van der Waals surface area contributed by atoms with E-state index in [1.54, 1.807) is 12.1 Å². The third kappa shape index (κ3) is 6.23. The predicted octanol–water partition coefficient (Wildman–Crippen LogP) is 2.49. The molecule has 0 aliphatic carbocycles.